The van der Waals surface area contributed by atoms with Crippen LogP contribution in [-0.4, -0.2) is 59.3 Å². The monoisotopic (exact) mass is 358 g/mol. The number of nitrogens with zero attached hydrogens (tertiary/aromatic N) is 2. The van der Waals surface area contributed by atoms with E-state index in [0.29, 0.717) is 38.3 Å². The molecule has 1 amide bonds. The van der Waals surface area contributed by atoms with Gasteiger partial charge in [-0.05, 0) is 38.5 Å². The molecule has 2 rings (SSSR count). The SMILES string of the molecule is CC(C)(C)OC(=O)N1CCN(CC(O)c2ccc(F)c(Cl)c2)CC1. The lowest BCUT2D eigenvalue weighted by Gasteiger charge is -2.36. The van der Waals surface area contributed by atoms with Crippen LogP contribution in [0, 0.1) is 5.82 Å². The molecule has 1 aliphatic rings. The topological polar surface area (TPSA) is 53.0 Å². The highest BCUT2D eigenvalue weighted by atomic mass is 35.5. The molecule has 1 aromatic rings. The molecule has 0 spiro atoms. The van der Waals surface area contributed by atoms with Crippen LogP contribution in [0.4, 0.5) is 9.18 Å². The number of benzene rings is 1. The number of aliphatic hydroxyl groups is 1. The van der Waals surface area contributed by atoms with Crippen LogP contribution in [0.25, 0.3) is 0 Å². The van der Waals surface area contributed by atoms with Gasteiger partial charge in [-0.15, -0.1) is 0 Å². The maximum Gasteiger partial charge on any atom is 0.410 e. The molecule has 1 unspecified atom stereocenters. The third kappa shape index (κ3) is 5.33. The summed E-state index contributed by atoms with van der Waals surface area (Å²) < 4.78 is 18.5. The molecule has 1 saturated heterocycles. The maximum atomic E-state index is 13.2. The van der Waals surface area contributed by atoms with Gasteiger partial charge in [0.15, 0.2) is 0 Å². The number of amides is 1. The second-order valence-corrected chi connectivity index (χ2v) is 7.36. The Bertz CT molecular complexity index is 584. The van der Waals surface area contributed by atoms with Crippen LogP contribution in [0.5, 0.6) is 0 Å². The van der Waals surface area contributed by atoms with Gasteiger partial charge < -0.3 is 14.7 Å². The molecule has 0 aliphatic carbocycles. The van der Waals surface area contributed by atoms with Crippen LogP contribution in [0.1, 0.15) is 32.4 Å². The van der Waals surface area contributed by atoms with Gasteiger partial charge in [-0.1, -0.05) is 17.7 Å². The van der Waals surface area contributed by atoms with E-state index in [9.17, 15) is 14.3 Å². The number of hydrogen-bond donors (Lipinski definition) is 1. The number of carbonyl (C=O) groups is 1. The highest BCUT2D eigenvalue weighted by Gasteiger charge is 2.26. The Balaban J connectivity index is 1.84. The van der Waals surface area contributed by atoms with Crippen molar-refractivity contribution in [1.29, 1.82) is 0 Å². The second kappa shape index (κ2) is 7.68. The van der Waals surface area contributed by atoms with Gasteiger partial charge in [-0.25, -0.2) is 9.18 Å². The van der Waals surface area contributed by atoms with Crippen molar-refractivity contribution in [1.82, 2.24) is 9.80 Å². The lowest BCUT2D eigenvalue weighted by molar-refractivity contribution is 0.0101. The van der Waals surface area contributed by atoms with Crippen LogP contribution in [-0.2, 0) is 4.74 Å². The van der Waals surface area contributed by atoms with Crippen molar-refractivity contribution in [3.05, 3.63) is 34.6 Å². The highest BCUT2D eigenvalue weighted by molar-refractivity contribution is 6.30. The molecule has 134 valence electrons. The number of ether oxygens (including phenoxy) is 1. The summed E-state index contributed by atoms with van der Waals surface area (Å²) in [5.41, 5.74) is 0.0719. The van der Waals surface area contributed by atoms with Gasteiger partial charge in [-0.3, -0.25) is 4.90 Å². The van der Waals surface area contributed by atoms with Crippen LogP contribution in [0.3, 0.4) is 0 Å². The minimum atomic E-state index is -0.754. The fourth-order valence-electron chi connectivity index (χ4n) is 2.51. The number of aliphatic hydroxyl groups excluding tert-OH is 1. The Kier molecular flexibility index (Phi) is 6.06. The van der Waals surface area contributed by atoms with Crippen LogP contribution < -0.4 is 0 Å². The van der Waals surface area contributed by atoms with E-state index in [-0.39, 0.29) is 11.1 Å². The Labute approximate surface area is 146 Å². The van der Waals surface area contributed by atoms with Gasteiger partial charge in [0.2, 0.25) is 0 Å². The molecule has 1 N–H and O–H groups in total. The van der Waals surface area contributed by atoms with Crippen LogP contribution >= 0.6 is 11.6 Å². The molecule has 5 nitrogen and oxygen atoms in total. The summed E-state index contributed by atoms with van der Waals surface area (Å²) >= 11 is 5.75. The van der Waals surface area contributed by atoms with E-state index in [1.54, 1.807) is 4.90 Å². The summed E-state index contributed by atoms with van der Waals surface area (Å²) in [6.45, 7) is 8.31. The van der Waals surface area contributed by atoms with Crippen molar-refractivity contribution in [3.8, 4) is 0 Å². The van der Waals surface area contributed by atoms with E-state index in [2.05, 4.69) is 4.90 Å². The molecule has 1 aliphatic heterocycles. The van der Waals surface area contributed by atoms with Crippen molar-refractivity contribution in [2.75, 3.05) is 32.7 Å². The third-order valence-corrected chi connectivity index (χ3v) is 4.07. The smallest absolute Gasteiger partial charge is 0.410 e. The fourth-order valence-corrected chi connectivity index (χ4v) is 2.70. The molecule has 1 atom stereocenters. The highest BCUT2D eigenvalue weighted by Crippen LogP contribution is 2.22. The minimum absolute atomic E-state index is 0.00120. The average Bonchev–Trinajstić information content (AvgIpc) is 2.49. The van der Waals surface area contributed by atoms with Crippen molar-refractivity contribution in [3.63, 3.8) is 0 Å². The third-order valence-electron chi connectivity index (χ3n) is 3.78. The van der Waals surface area contributed by atoms with E-state index >= 15 is 0 Å². The number of β-amino-alcohol motifs (C(OH)–C–C–N with tert-alkyl or cyclic N) is 1. The quantitative estimate of drug-likeness (QED) is 0.902. The van der Waals surface area contributed by atoms with Gasteiger partial charge in [0.1, 0.15) is 11.4 Å². The molecule has 7 heteroatoms. The normalized spacial score (nSPS) is 17.7. The first kappa shape index (κ1) is 19.0. The first-order chi connectivity index (χ1) is 11.2. The lowest BCUT2D eigenvalue weighted by Crippen LogP contribution is -2.50. The van der Waals surface area contributed by atoms with Gasteiger partial charge >= 0.3 is 6.09 Å². The molecule has 0 saturated carbocycles. The first-order valence-electron chi connectivity index (χ1n) is 7.99. The van der Waals surface area contributed by atoms with Crippen molar-refractivity contribution in [2.24, 2.45) is 0 Å². The maximum absolute atomic E-state index is 13.2. The summed E-state index contributed by atoms with van der Waals surface area (Å²) in [6.07, 6.45) is -1.07. The first-order valence-corrected chi connectivity index (χ1v) is 8.37. The summed E-state index contributed by atoms with van der Waals surface area (Å²) in [5, 5.41) is 10.3. The number of hydrogen-bond acceptors (Lipinski definition) is 4. The van der Waals surface area contributed by atoms with E-state index in [4.69, 9.17) is 16.3 Å². The van der Waals surface area contributed by atoms with E-state index in [1.165, 1.54) is 18.2 Å². The van der Waals surface area contributed by atoms with Gasteiger partial charge in [-0.2, -0.15) is 0 Å². The largest absolute Gasteiger partial charge is 0.444 e. The summed E-state index contributed by atoms with van der Waals surface area (Å²) in [6, 6.07) is 4.22. The zero-order chi connectivity index (χ0) is 17.9. The van der Waals surface area contributed by atoms with Gasteiger partial charge in [0.25, 0.3) is 0 Å². The zero-order valence-electron chi connectivity index (χ0n) is 14.3. The summed E-state index contributed by atoms with van der Waals surface area (Å²) in [4.78, 5) is 15.7. The molecule has 1 heterocycles. The van der Waals surface area contributed by atoms with E-state index < -0.39 is 17.5 Å². The number of halogens is 2. The van der Waals surface area contributed by atoms with Crippen LogP contribution in [0.2, 0.25) is 5.02 Å². The Morgan fingerprint density at radius 2 is 1.96 bits per heavy atom. The van der Waals surface area contributed by atoms with Gasteiger partial charge in [0.05, 0.1) is 11.1 Å². The van der Waals surface area contributed by atoms with Crippen molar-refractivity contribution < 1.29 is 19.0 Å². The molecule has 1 fully saturated rings. The predicted octanol–water partition coefficient (Wildman–Crippen LogP) is 3.07. The van der Waals surface area contributed by atoms with Crippen molar-refractivity contribution >= 4 is 17.7 Å². The lowest BCUT2D eigenvalue weighted by atomic mass is 10.1. The minimum Gasteiger partial charge on any atom is -0.444 e. The molecule has 0 aromatic heterocycles. The van der Waals surface area contributed by atoms with E-state index in [0.717, 1.165) is 0 Å². The fraction of sp³-hybridized carbons (Fsp3) is 0.588. The second-order valence-electron chi connectivity index (χ2n) is 6.96. The molecule has 0 radical (unpaired) electrons. The summed E-state index contributed by atoms with van der Waals surface area (Å²) in [7, 11) is 0. The zero-order valence-corrected chi connectivity index (χ0v) is 15.0. The Hall–Kier alpha value is -1.37. The van der Waals surface area contributed by atoms with E-state index in [1.807, 2.05) is 20.8 Å². The summed E-state index contributed by atoms with van der Waals surface area (Å²) in [5.74, 6) is -0.501. The van der Waals surface area contributed by atoms with Crippen LogP contribution in [0.15, 0.2) is 18.2 Å². The standard InChI is InChI=1S/C17H24ClFN2O3/c1-17(2,3)24-16(23)21-8-6-20(7-9-21)11-15(22)12-4-5-14(19)13(18)10-12/h4-5,10,15,22H,6-9,11H2,1-3H3. The van der Waals surface area contributed by atoms with Crippen molar-refractivity contribution in [2.45, 2.75) is 32.5 Å². The molecular weight excluding hydrogens is 335 g/mol. The predicted molar refractivity (Wildman–Crippen MR) is 90.6 cm³/mol. The average molecular weight is 359 g/mol. The Morgan fingerprint density at radius 1 is 1.33 bits per heavy atom. The number of rotatable bonds is 3. The molecule has 1 aromatic carbocycles. The number of piperazine rings is 1. The molecule has 0 bridgehead atoms. The molecule has 24 heavy (non-hydrogen) atoms. The molecular formula is C17H24ClFN2O3. The Morgan fingerprint density at radius 3 is 2.50 bits per heavy atom. The van der Waals surface area contributed by atoms with Gasteiger partial charge in [0, 0.05) is 32.7 Å². The number of carbonyl (C=O) groups excluding carboxylic acids is 1.